The zero-order chi connectivity index (χ0) is 24.4. The van der Waals surface area contributed by atoms with Crippen LogP contribution in [0.3, 0.4) is 0 Å². The highest BCUT2D eigenvalue weighted by Crippen LogP contribution is 2.29. The van der Waals surface area contributed by atoms with Crippen molar-refractivity contribution >= 4 is 29.2 Å². The molecule has 0 saturated carbocycles. The largest absolute Gasteiger partial charge is 0.382 e. The zero-order valence-corrected chi connectivity index (χ0v) is 20.3. The number of urea groups is 1. The molecule has 4 heterocycles. The molecular formula is C25H35N9O. The van der Waals surface area contributed by atoms with Gasteiger partial charge in [-0.15, -0.1) is 0 Å². The van der Waals surface area contributed by atoms with Crippen molar-refractivity contribution < 1.29 is 4.79 Å². The highest BCUT2D eigenvalue weighted by molar-refractivity contribution is 5.98. The number of carbonyl (C=O) groups excluding carboxylic acids is 1. The van der Waals surface area contributed by atoms with Crippen LogP contribution in [0.15, 0.2) is 30.5 Å². The van der Waals surface area contributed by atoms with Crippen molar-refractivity contribution in [2.24, 2.45) is 5.73 Å². The molecule has 2 amide bonds. The Morgan fingerprint density at radius 1 is 1.14 bits per heavy atom. The number of nitrogens with two attached hydrogens (primary N) is 1. The normalized spacial score (nSPS) is 21.5. The van der Waals surface area contributed by atoms with Crippen LogP contribution in [0.2, 0.25) is 0 Å². The molecule has 35 heavy (non-hydrogen) atoms. The molecule has 10 heteroatoms. The lowest BCUT2D eigenvalue weighted by Crippen LogP contribution is -2.49. The van der Waals surface area contributed by atoms with E-state index in [1.807, 2.05) is 11.9 Å². The van der Waals surface area contributed by atoms with Gasteiger partial charge in [0.1, 0.15) is 17.3 Å². The van der Waals surface area contributed by atoms with E-state index >= 15 is 0 Å². The van der Waals surface area contributed by atoms with Gasteiger partial charge < -0.3 is 31.1 Å². The first-order chi connectivity index (χ1) is 17.0. The molecule has 1 aromatic carbocycles. The molecule has 0 radical (unpaired) electrons. The van der Waals surface area contributed by atoms with E-state index in [0.29, 0.717) is 17.4 Å². The molecule has 10 nitrogen and oxygen atoms in total. The first-order valence-electron chi connectivity index (χ1n) is 12.6. The lowest BCUT2D eigenvalue weighted by molar-refractivity contribution is 0.175. The van der Waals surface area contributed by atoms with Crippen LogP contribution in [0, 0.1) is 5.41 Å². The highest BCUT2D eigenvalue weighted by atomic mass is 16.2. The van der Waals surface area contributed by atoms with Crippen LogP contribution in [-0.2, 0) is 0 Å². The van der Waals surface area contributed by atoms with Crippen molar-refractivity contribution in [2.45, 2.75) is 37.6 Å². The SMILES string of the molecule is CN1CCN([C@@H]2CCCN(c3cnc(C(=N)N)c(Nc4ccc(C5CCNCC5)cc4)n3)C2)C1=O. The van der Waals surface area contributed by atoms with Gasteiger partial charge >= 0.3 is 6.03 Å². The van der Waals surface area contributed by atoms with Crippen molar-refractivity contribution in [3.05, 3.63) is 41.7 Å². The van der Waals surface area contributed by atoms with Crippen molar-refractivity contribution in [1.29, 1.82) is 5.41 Å². The van der Waals surface area contributed by atoms with E-state index in [1.54, 1.807) is 11.1 Å². The number of amides is 2. The Morgan fingerprint density at radius 2 is 1.91 bits per heavy atom. The van der Waals surface area contributed by atoms with Crippen LogP contribution < -0.4 is 21.3 Å². The number of hydrogen-bond acceptors (Lipinski definition) is 7. The molecule has 5 N–H and O–H groups in total. The van der Waals surface area contributed by atoms with Crippen molar-refractivity contribution in [1.82, 2.24) is 25.1 Å². The number of anilines is 3. The number of benzene rings is 1. The Morgan fingerprint density at radius 3 is 2.60 bits per heavy atom. The lowest BCUT2D eigenvalue weighted by Gasteiger charge is -2.37. The number of rotatable bonds is 6. The van der Waals surface area contributed by atoms with Gasteiger partial charge in [-0.3, -0.25) is 5.41 Å². The molecular weight excluding hydrogens is 442 g/mol. The van der Waals surface area contributed by atoms with Gasteiger partial charge in [-0.25, -0.2) is 14.8 Å². The lowest BCUT2D eigenvalue weighted by atomic mass is 9.90. The number of aromatic nitrogens is 2. The summed E-state index contributed by atoms with van der Waals surface area (Å²) >= 11 is 0. The molecule has 0 aliphatic carbocycles. The van der Waals surface area contributed by atoms with Crippen LogP contribution in [0.4, 0.5) is 22.1 Å². The van der Waals surface area contributed by atoms with Gasteiger partial charge in [-0.1, -0.05) is 12.1 Å². The summed E-state index contributed by atoms with van der Waals surface area (Å²) in [5.74, 6) is 1.67. The second-order valence-corrected chi connectivity index (χ2v) is 9.75. The number of hydrogen-bond donors (Lipinski definition) is 4. The quantitative estimate of drug-likeness (QED) is 0.371. The maximum absolute atomic E-state index is 12.5. The van der Waals surface area contributed by atoms with E-state index in [0.717, 1.165) is 76.5 Å². The molecule has 3 aliphatic heterocycles. The zero-order valence-electron chi connectivity index (χ0n) is 20.3. The Kier molecular flexibility index (Phi) is 6.72. The molecule has 1 aromatic heterocycles. The molecule has 186 valence electrons. The van der Waals surface area contributed by atoms with E-state index in [4.69, 9.17) is 16.1 Å². The first-order valence-corrected chi connectivity index (χ1v) is 12.6. The minimum atomic E-state index is -0.125. The Labute approximate surface area is 206 Å². The summed E-state index contributed by atoms with van der Waals surface area (Å²) in [5.41, 5.74) is 8.40. The molecule has 2 aromatic rings. The highest BCUT2D eigenvalue weighted by Gasteiger charge is 2.34. The smallest absolute Gasteiger partial charge is 0.320 e. The number of nitrogens with zero attached hydrogens (tertiary/aromatic N) is 5. The Hall–Kier alpha value is -3.40. The van der Waals surface area contributed by atoms with E-state index in [-0.39, 0.29) is 17.9 Å². The average Bonchev–Trinajstić information content (AvgIpc) is 3.23. The summed E-state index contributed by atoms with van der Waals surface area (Å²) in [5, 5.41) is 14.7. The van der Waals surface area contributed by atoms with Gasteiger partial charge in [-0.2, -0.15) is 0 Å². The molecule has 3 aliphatic rings. The third-order valence-corrected chi connectivity index (χ3v) is 7.41. The van der Waals surface area contributed by atoms with E-state index in [2.05, 4.69) is 44.8 Å². The Bertz CT molecular complexity index is 1070. The van der Waals surface area contributed by atoms with Crippen molar-refractivity contribution in [3.63, 3.8) is 0 Å². The van der Waals surface area contributed by atoms with Crippen LogP contribution in [0.25, 0.3) is 0 Å². The summed E-state index contributed by atoms with van der Waals surface area (Å²) in [7, 11) is 1.85. The van der Waals surface area contributed by atoms with Crippen LogP contribution in [-0.4, -0.2) is 84.0 Å². The van der Waals surface area contributed by atoms with Crippen molar-refractivity contribution in [3.8, 4) is 0 Å². The van der Waals surface area contributed by atoms with Crippen molar-refractivity contribution in [2.75, 3.05) is 56.5 Å². The molecule has 0 bridgehead atoms. The fraction of sp³-hybridized carbons (Fsp3) is 0.520. The van der Waals surface area contributed by atoms with Crippen LogP contribution in [0.1, 0.15) is 42.9 Å². The summed E-state index contributed by atoms with van der Waals surface area (Å²) in [4.78, 5) is 27.8. The summed E-state index contributed by atoms with van der Waals surface area (Å²) in [6, 6.07) is 8.72. The number of nitrogens with one attached hydrogen (secondary N) is 3. The molecule has 3 saturated heterocycles. The number of nitrogen functional groups attached to an aromatic ring is 1. The molecule has 5 rings (SSSR count). The fourth-order valence-corrected chi connectivity index (χ4v) is 5.37. The van der Waals surface area contributed by atoms with Crippen LogP contribution in [0.5, 0.6) is 0 Å². The van der Waals surface area contributed by atoms with Gasteiger partial charge in [0, 0.05) is 38.9 Å². The third kappa shape index (κ3) is 5.02. The standard InChI is InChI=1S/C25H35N9O/c1-32-13-14-34(25(32)35)20-3-2-12-33(16-20)21-15-29-22(23(26)27)24(31-21)30-19-6-4-17(5-7-19)18-8-10-28-11-9-18/h4-7,15,18,20,28H,2-3,8-14,16H2,1H3,(H3,26,27)(H,30,31)/t20-/m1/s1. The second-order valence-electron chi connectivity index (χ2n) is 9.75. The van der Waals surface area contributed by atoms with Gasteiger partial charge in [-0.05, 0) is 62.4 Å². The predicted molar refractivity (Wildman–Crippen MR) is 138 cm³/mol. The minimum Gasteiger partial charge on any atom is -0.382 e. The summed E-state index contributed by atoms with van der Waals surface area (Å²) in [6.45, 7) is 5.24. The Balaban J connectivity index is 1.33. The van der Waals surface area contributed by atoms with E-state index in [1.165, 1.54) is 5.56 Å². The monoisotopic (exact) mass is 477 g/mol. The molecule has 1 atom stereocenters. The first kappa shape index (κ1) is 23.3. The summed E-state index contributed by atoms with van der Waals surface area (Å²) < 4.78 is 0. The number of likely N-dealkylation sites (N-methyl/N-ethyl adjacent to an activating group) is 1. The van der Waals surface area contributed by atoms with Gasteiger partial charge in [0.15, 0.2) is 5.82 Å². The fourth-order valence-electron chi connectivity index (χ4n) is 5.37. The number of carbonyl (C=O) groups is 1. The number of amidine groups is 1. The summed E-state index contributed by atoms with van der Waals surface area (Å²) in [6.07, 6.45) is 5.97. The van der Waals surface area contributed by atoms with E-state index in [9.17, 15) is 4.79 Å². The van der Waals surface area contributed by atoms with E-state index < -0.39 is 0 Å². The average molecular weight is 478 g/mol. The third-order valence-electron chi connectivity index (χ3n) is 7.41. The molecule has 0 spiro atoms. The van der Waals surface area contributed by atoms with Crippen LogP contribution >= 0.6 is 0 Å². The maximum Gasteiger partial charge on any atom is 0.320 e. The number of piperidine rings is 2. The van der Waals surface area contributed by atoms with Gasteiger partial charge in [0.2, 0.25) is 0 Å². The van der Waals surface area contributed by atoms with Gasteiger partial charge in [0.25, 0.3) is 0 Å². The molecule has 3 fully saturated rings. The predicted octanol–water partition coefficient (Wildman–Crippen LogP) is 2.31. The minimum absolute atomic E-state index is 0.102. The maximum atomic E-state index is 12.5. The molecule has 0 unspecified atom stereocenters. The topological polar surface area (TPSA) is 126 Å². The second kappa shape index (κ2) is 10.1. The van der Waals surface area contributed by atoms with Gasteiger partial charge in [0.05, 0.1) is 12.2 Å².